The highest BCUT2D eigenvalue weighted by Gasteiger charge is 2.57. The third kappa shape index (κ3) is 27.5. The van der Waals surface area contributed by atoms with Crippen LogP contribution < -0.4 is 16.0 Å². The number of aliphatic hydroxyl groups is 16. The normalized spacial score (nSPS) is 35.6. The van der Waals surface area contributed by atoms with E-state index in [-0.39, 0.29) is 19.1 Å². The lowest BCUT2D eigenvalue weighted by Gasteiger charge is -2.50. The summed E-state index contributed by atoms with van der Waals surface area (Å²) in [7, 11) is 0. The number of hydrogen-bond acceptors (Lipinski definition) is 29. The number of ether oxygens (including phenoxy) is 10. The van der Waals surface area contributed by atoms with E-state index in [4.69, 9.17) is 47.4 Å². The van der Waals surface area contributed by atoms with E-state index in [1.54, 1.807) is 6.08 Å². The summed E-state index contributed by atoms with van der Waals surface area (Å²) in [5.74, 6) is -1.67. The minimum atomic E-state index is -2.16. The van der Waals surface area contributed by atoms with Crippen LogP contribution in [-0.2, 0) is 61.8 Å². The molecule has 32 heteroatoms. The lowest BCUT2D eigenvalue weighted by atomic mass is 9.93. The Morgan fingerprint density at radius 1 is 0.400 bits per heavy atom. The summed E-state index contributed by atoms with van der Waals surface area (Å²) >= 11 is 0. The van der Waals surface area contributed by atoms with Crippen LogP contribution in [0.3, 0.4) is 0 Å². The molecule has 0 spiro atoms. The first kappa shape index (κ1) is 87.7. The first-order valence-electron chi connectivity index (χ1n) is 36.6. The van der Waals surface area contributed by atoms with E-state index < -0.39 is 210 Å². The third-order valence-electron chi connectivity index (χ3n) is 19.2. The van der Waals surface area contributed by atoms with Crippen LogP contribution >= 0.6 is 0 Å². The minimum absolute atomic E-state index is 0.152. The van der Waals surface area contributed by atoms with Crippen molar-refractivity contribution >= 4 is 17.7 Å². The third-order valence-corrected chi connectivity index (χ3v) is 19.2. The van der Waals surface area contributed by atoms with Crippen LogP contribution in [0.15, 0.2) is 12.2 Å². The van der Waals surface area contributed by atoms with Crippen LogP contribution in [0, 0.1) is 0 Å². The zero-order chi connectivity index (χ0) is 73.3. The van der Waals surface area contributed by atoms with E-state index in [0.717, 1.165) is 110 Å². The smallest absolute Gasteiger partial charge is 0.220 e. The summed E-state index contributed by atoms with van der Waals surface area (Å²) in [6.45, 7) is -0.336. The maximum atomic E-state index is 12.7. The van der Waals surface area contributed by atoms with E-state index in [2.05, 4.69) is 22.9 Å². The highest BCUT2D eigenvalue weighted by Crippen LogP contribution is 2.36. The van der Waals surface area contributed by atoms with Gasteiger partial charge in [0.05, 0.1) is 51.8 Å². The Balaban J connectivity index is 0.975. The standard InChI is InChI=1S/C68H123N3O29/c1-4-5-6-7-8-9-10-12-15-18-21-24-27-30-42(80)41(33-72)71-48(81)31-28-25-22-19-16-13-11-14-17-20-23-26-29-32-91-66-57(88)54(85)61(45(36-75)94-66)98-68-59(90)56(87)62(47(38-77)96-68)99-67-58(89)55(86)60(46(37-76)95-67)97-65-50(70-40(3)79)63(52(83)44(35-74)93-65)100-64-49(69-39(2)78)53(84)51(82)43(34-73)92-64/h27,30,41-47,49-68,72-77,80,82-90H,4-26,28-29,31-38H2,1-3H3,(H,69,78)(H,70,79)(H,71,81)/b30-27+/t41-,42-,43-,44-,45-,46-,47-,49-,50-,51+,52+,53-,54-,55-,56-,57-,58-,59-,60+,61-,62+,63-,64-,65+,66-,67-,68+/m1/s1. The van der Waals surface area contributed by atoms with Crippen molar-refractivity contribution in [3.05, 3.63) is 12.2 Å². The molecule has 0 unspecified atom stereocenters. The Morgan fingerprint density at radius 3 is 1.20 bits per heavy atom. The molecule has 32 nitrogen and oxygen atoms in total. The average Bonchev–Trinajstić information content (AvgIpc) is 0.776. The Labute approximate surface area is 586 Å². The Bertz CT molecular complexity index is 2250. The molecule has 0 bridgehead atoms. The van der Waals surface area contributed by atoms with Crippen LogP contribution in [0.1, 0.15) is 188 Å². The van der Waals surface area contributed by atoms with Gasteiger partial charge in [-0.05, 0) is 25.7 Å². The van der Waals surface area contributed by atoms with Crippen LogP contribution in [0.2, 0.25) is 0 Å². The highest BCUT2D eigenvalue weighted by molar-refractivity contribution is 5.76. The number of carbonyl (C=O) groups excluding carboxylic acids is 3. The number of aliphatic hydroxyl groups excluding tert-OH is 16. The Kier molecular flexibility index (Phi) is 41.8. The van der Waals surface area contributed by atoms with Crippen molar-refractivity contribution in [1.82, 2.24) is 16.0 Å². The lowest BCUT2D eigenvalue weighted by Crippen LogP contribution is -2.71. The number of amides is 3. The van der Waals surface area contributed by atoms with Gasteiger partial charge in [-0.15, -0.1) is 0 Å². The number of unbranched alkanes of at least 4 members (excludes halogenated alkanes) is 23. The van der Waals surface area contributed by atoms with Gasteiger partial charge >= 0.3 is 0 Å². The van der Waals surface area contributed by atoms with Crippen molar-refractivity contribution in [2.45, 2.75) is 353 Å². The SMILES string of the molecule is CCCCCCCCCCCCC/C=C/[C@@H](O)[C@@H](CO)NC(=O)CCCCCCCCCCCCCCCO[C@@H]1O[C@H](CO)[C@@H](O[C@@H]2O[C@H](CO)[C@H](O[C@H]3O[C@H](CO)[C@H](O[C@@H]4O[C@H](CO)[C@H](O)[C@H](O[C@H]5O[C@H](CO)[C@H](O)[C@H](O)[C@H]5NC(C)=O)[C@H]4NC(C)=O)[C@H](O)[C@H]3O)[C@H](O)[C@H]2O)[C@H](O)[C@H]1O. The van der Waals surface area contributed by atoms with Gasteiger partial charge in [-0.2, -0.15) is 0 Å². The van der Waals surface area contributed by atoms with Gasteiger partial charge in [-0.3, -0.25) is 14.4 Å². The van der Waals surface area contributed by atoms with E-state index in [9.17, 15) is 96.1 Å². The van der Waals surface area contributed by atoms with E-state index in [1.807, 2.05) is 6.08 Å². The zero-order valence-corrected chi connectivity index (χ0v) is 58.5. The molecule has 19 N–H and O–H groups in total. The lowest BCUT2D eigenvalue weighted by molar-refractivity contribution is -0.387. The molecule has 5 aliphatic rings. The van der Waals surface area contributed by atoms with Gasteiger partial charge in [0.1, 0.15) is 122 Å². The van der Waals surface area contributed by atoms with Crippen molar-refractivity contribution in [3.63, 3.8) is 0 Å². The Hall–Kier alpha value is -2.89. The summed E-state index contributed by atoms with van der Waals surface area (Å²) in [6.07, 6.45) is -10.4. The molecular weight excluding hydrogens is 1320 g/mol. The number of carbonyl (C=O) groups is 3. The average molecular weight is 1450 g/mol. The number of allylic oxidation sites excluding steroid dienone is 1. The molecule has 3 amide bonds. The maximum absolute atomic E-state index is 12.7. The predicted octanol–water partition coefficient (Wildman–Crippen LogP) is -2.06. The minimum Gasteiger partial charge on any atom is -0.394 e. The van der Waals surface area contributed by atoms with Crippen LogP contribution in [0.25, 0.3) is 0 Å². The second-order valence-electron chi connectivity index (χ2n) is 27.2. The molecule has 0 aromatic rings. The summed E-state index contributed by atoms with van der Waals surface area (Å²) in [6, 6.07) is -3.92. The van der Waals surface area contributed by atoms with Crippen molar-refractivity contribution in [1.29, 1.82) is 0 Å². The second kappa shape index (κ2) is 47.6. The first-order valence-corrected chi connectivity index (χ1v) is 36.6. The molecule has 0 aliphatic carbocycles. The number of nitrogens with one attached hydrogen (secondary N) is 3. The van der Waals surface area contributed by atoms with Crippen LogP contribution in [0.4, 0.5) is 0 Å². The van der Waals surface area contributed by atoms with Gasteiger partial charge in [0.15, 0.2) is 31.5 Å². The zero-order valence-electron chi connectivity index (χ0n) is 58.5. The fraction of sp³-hybridized carbons (Fsp3) is 0.926. The monoisotopic (exact) mass is 1450 g/mol. The van der Waals surface area contributed by atoms with Crippen molar-refractivity contribution in [2.24, 2.45) is 0 Å². The molecule has 0 aromatic carbocycles. The van der Waals surface area contributed by atoms with Gasteiger partial charge in [-0.1, -0.05) is 154 Å². The van der Waals surface area contributed by atoms with Gasteiger partial charge in [0.25, 0.3) is 0 Å². The largest absolute Gasteiger partial charge is 0.394 e. The summed E-state index contributed by atoms with van der Waals surface area (Å²) < 4.78 is 58.4. The summed E-state index contributed by atoms with van der Waals surface area (Å²) in [4.78, 5) is 37.4. The molecule has 5 fully saturated rings. The number of hydrogen-bond donors (Lipinski definition) is 19. The van der Waals surface area contributed by atoms with Crippen molar-refractivity contribution < 1.29 is 143 Å². The first-order chi connectivity index (χ1) is 48.1. The van der Waals surface area contributed by atoms with E-state index >= 15 is 0 Å². The molecule has 100 heavy (non-hydrogen) atoms. The van der Waals surface area contributed by atoms with Gasteiger partial charge in [0, 0.05) is 26.9 Å². The predicted molar refractivity (Wildman–Crippen MR) is 353 cm³/mol. The molecule has 5 saturated heterocycles. The van der Waals surface area contributed by atoms with E-state index in [0.29, 0.717) is 12.8 Å². The second-order valence-corrected chi connectivity index (χ2v) is 27.2. The number of rotatable bonds is 48. The summed E-state index contributed by atoms with van der Waals surface area (Å²) in [5.41, 5.74) is 0. The van der Waals surface area contributed by atoms with Gasteiger partial charge in [-0.25, -0.2) is 0 Å². The molecule has 0 radical (unpaired) electrons. The Morgan fingerprint density at radius 2 is 0.760 bits per heavy atom. The van der Waals surface area contributed by atoms with Crippen LogP contribution in [-0.4, -0.2) is 311 Å². The van der Waals surface area contributed by atoms with E-state index in [1.165, 1.54) is 57.8 Å². The molecule has 5 rings (SSSR count). The van der Waals surface area contributed by atoms with Gasteiger partial charge < -0.3 is 145 Å². The van der Waals surface area contributed by atoms with Crippen LogP contribution in [0.5, 0.6) is 0 Å². The highest BCUT2D eigenvalue weighted by atomic mass is 16.8. The fourth-order valence-electron chi connectivity index (χ4n) is 13.3. The van der Waals surface area contributed by atoms with Crippen molar-refractivity contribution in [2.75, 3.05) is 46.2 Å². The fourth-order valence-corrected chi connectivity index (χ4v) is 13.3. The summed E-state index contributed by atoms with van der Waals surface area (Å²) in [5, 5.41) is 181. The van der Waals surface area contributed by atoms with Crippen molar-refractivity contribution in [3.8, 4) is 0 Å². The molecule has 0 aromatic heterocycles. The van der Waals surface area contributed by atoms with Gasteiger partial charge in [0.2, 0.25) is 17.7 Å². The molecule has 584 valence electrons. The molecule has 5 heterocycles. The molecular formula is C68H123N3O29. The molecule has 5 aliphatic heterocycles. The quantitative estimate of drug-likeness (QED) is 0.0230. The molecule has 0 saturated carbocycles. The maximum Gasteiger partial charge on any atom is 0.220 e. The molecule has 27 atom stereocenters. The topological polar surface area (TPSA) is 503 Å².